The lowest BCUT2D eigenvalue weighted by Gasteiger charge is -2.41. The smallest absolute Gasteiger partial charge is 0.236 e. The lowest BCUT2D eigenvalue weighted by molar-refractivity contribution is -0.140. The van der Waals surface area contributed by atoms with E-state index in [1.165, 1.54) is 0 Å². The number of rotatable bonds is 9. The van der Waals surface area contributed by atoms with E-state index >= 15 is 0 Å². The van der Waals surface area contributed by atoms with Crippen LogP contribution in [0.2, 0.25) is 0 Å². The summed E-state index contributed by atoms with van der Waals surface area (Å²) in [6, 6.07) is 0.142. The molecule has 7 heteroatoms. The Balaban J connectivity index is 1.76. The minimum Gasteiger partial charge on any atom is -0.343 e. The van der Waals surface area contributed by atoms with E-state index in [4.69, 9.17) is 0 Å². The lowest BCUT2D eigenvalue weighted by atomic mass is 10.0. The molecule has 0 aromatic rings. The van der Waals surface area contributed by atoms with Crippen molar-refractivity contribution < 1.29 is 14.4 Å². The van der Waals surface area contributed by atoms with Gasteiger partial charge >= 0.3 is 0 Å². The number of carbonyl (C=O) groups is 3. The Morgan fingerprint density at radius 1 is 1.15 bits per heavy atom. The van der Waals surface area contributed by atoms with Crippen molar-refractivity contribution in [2.45, 2.75) is 64.8 Å². The van der Waals surface area contributed by atoms with Crippen LogP contribution in [0.3, 0.4) is 0 Å². The van der Waals surface area contributed by atoms with E-state index < -0.39 is 0 Å². The first-order chi connectivity index (χ1) is 13.1. The third-order valence-electron chi connectivity index (χ3n) is 5.44. The monoisotopic (exact) mass is 380 g/mol. The number of nitrogens with zero attached hydrogens (tertiary/aromatic N) is 3. The van der Waals surface area contributed by atoms with Crippen LogP contribution in [-0.4, -0.2) is 84.3 Å². The van der Waals surface area contributed by atoms with Crippen LogP contribution in [0.15, 0.2) is 0 Å². The van der Waals surface area contributed by atoms with Gasteiger partial charge in [-0.25, -0.2) is 0 Å². The molecule has 0 saturated carbocycles. The molecule has 1 atom stereocenters. The topological polar surface area (TPSA) is 73.0 Å². The van der Waals surface area contributed by atoms with Gasteiger partial charge in [-0.2, -0.15) is 0 Å². The van der Waals surface area contributed by atoms with Crippen molar-refractivity contribution in [1.29, 1.82) is 0 Å². The SMILES string of the molecule is CCCN(CCC)C(=O)CCCC(=O)N1CCCC(N2CCNCC2=O)C1. The number of likely N-dealkylation sites (tertiary alicyclic amines) is 1. The molecule has 2 aliphatic heterocycles. The van der Waals surface area contributed by atoms with Gasteiger partial charge in [0.15, 0.2) is 0 Å². The zero-order valence-electron chi connectivity index (χ0n) is 17.0. The number of nitrogens with one attached hydrogen (secondary N) is 1. The fraction of sp³-hybridized carbons (Fsp3) is 0.850. The van der Waals surface area contributed by atoms with E-state index in [0.29, 0.717) is 32.4 Å². The zero-order chi connectivity index (χ0) is 19.6. The van der Waals surface area contributed by atoms with Gasteiger partial charge in [0.2, 0.25) is 17.7 Å². The van der Waals surface area contributed by atoms with Crippen LogP contribution in [0.25, 0.3) is 0 Å². The van der Waals surface area contributed by atoms with Crippen molar-refractivity contribution in [3.8, 4) is 0 Å². The van der Waals surface area contributed by atoms with E-state index in [1.54, 1.807) is 0 Å². The second kappa shape index (κ2) is 11.3. The van der Waals surface area contributed by atoms with Crippen molar-refractivity contribution in [2.75, 3.05) is 45.8 Å². The summed E-state index contributed by atoms with van der Waals surface area (Å²) in [6.45, 7) is 9.11. The van der Waals surface area contributed by atoms with Gasteiger partial charge in [-0.05, 0) is 32.1 Å². The molecule has 2 rings (SSSR count). The summed E-state index contributed by atoms with van der Waals surface area (Å²) < 4.78 is 0. The molecule has 2 aliphatic rings. The molecular weight excluding hydrogens is 344 g/mol. The Bertz CT molecular complexity index is 505. The van der Waals surface area contributed by atoms with Crippen molar-refractivity contribution >= 4 is 17.7 Å². The maximum absolute atomic E-state index is 12.6. The molecule has 0 aliphatic carbocycles. The zero-order valence-corrected chi connectivity index (χ0v) is 17.0. The van der Waals surface area contributed by atoms with E-state index in [9.17, 15) is 14.4 Å². The standard InChI is InChI=1S/C20H36N4O3/c1-3-11-22(12-4-2)18(25)8-5-9-19(26)23-13-6-7-17(16-23)24-14-10-21-15-20(24)27/h17,21H,3-16H2,1-2H3. The molecule has 0 bridgehead atoms. The van der Waals surface area contributed by atoms with E-state index in [-0.39, 0.29) is 23.8 Å². The highest BCUT2D eigenvalue weighted by atomic mass is 16.2. The van der Waals surface area contributed by atoms with Crippen LogP contribution in [0.5, 0.6) is 0 Å². The average Bonchev–Trinajstić information content (AvgIpc) is 2.68. The minimum absolute atomic E-state index is 0.118. The van der Waals surface area contributed by atoms with E-state index in [1.807, 2.05) is 14.7 Å². The highest BCUT2D eigenvalue weighted by Crippen LogP contribution is 2.18. The maximum atomic E-state index is 12.6. The Morgan fingerprint density at radius 3 is 2.56 bits per heavy atom. The number of piperidine rings is 1. The molecule has 154 valence electrons. The van der Waals surface area contributed by atoms with Gasteiger partial charge in [-0.3, -0.25) is 14.4 Å². The van der Waals surface area contributed by atoms with Crippen LogP contribution in [0, 0.1) is 0 Å². The summed E-state index contributed by atoms with van der Waals surface area (Å²) in [5, 5.41) is 3.10. The molecule has 3 amide bonds. The first-order valence-corrected chi connectivity index (χ1v) is 10.6. The second-order valence-electron chi connectivity index (χ2n) is 7.63. The summed E-state index contributed by atoms with van der Waals surface area (Å²) in [5.74, 6) is 0.417. The summed E-state index contributed by atoms with van der Waals surface area (Å²) >= 11 is 0. The van der Waals surface area contributed by atoms with Gasteiger partial charge in [0.25, 0.3) is 0 Å². The molecule has 0 radical (unpaired) electrons. The Labute approximate surface area is 163 Å². The third kappa shape index (κ3) is 6.48. The van der Waals surface area contributed by atoms with Crippen molar-refractivity contribution in [3.05, 3.63) is 0 Å². The predicted octanol–water partition coefficient (Wildman–Crippen LogP) is 1.23. The number of piperazine rings is 1. The highest BCUT2D eigenvalue weighted by Gasteiger charge is 2.31. The Hall–Kier alpha value is -1.63. The second-order valence-corrected chi connectivity index (χ2v) is 7.63. The van der Waals surface area contributed by atoms with Crippen LogP contribution >= 0.6 is 0 Å². The van der Waals surface area contributed by atoms with Crippen LogP contribution in [0.1, 0.15) is 58.8 Å². The molecular formula is C20H36N4O3. The van der Waals surface area contributed by atoms with Crippen molar-refractivity contribution in [3.63, 3.8) is 0 Å². The molecule has 0 aromatic heterocycles. The van der Waals surface area contributed by atoms with Gasteiger partial charge < -0.3 is 20.0 Å². The third-order valence-corrected chi connectivity index (χ3v) is 5.44. The Kier molecular flexibility index (Phi) is 9.04. The van der Waals surface area contributed by atoms with Gasteiger partial charge in [0.05, 0.1) is 6.54 Å². The first kappa shape index (κ1) is 21.7. The highest BCUT2D eigenvalue weighted by molar-refractivity contribution is 5.80. The number of hydrogen-bond acceptors (Lipinski definition) is 4. The molecule has 2 saturated heterocycles. The van der Waals surface area contributed by atoms with Crippen LogP contribution in [-0.2, 0) is 14.4 Å². The molecule has 0 aromatic carbocycles. The summed E-state index contributed by atoms with van der Waals surface area (Å²) in [5.41, 5.74) is 0. The summed E-state index contributed by atoms with van der Waals surface area (Å²) in [7, 11) is 0. The number of carbonyl (C=O) groups excluding carboxylic acids is 3. The maximum Gasteiger partial charge on any atom is 0.236 e. The molecule has 27 heavy (non-hydrogen) atoms. The van der Waals surface area contributed by atoms with Gasteiger partial charge in [-0.15, -0.1) is 0 Å². The molecule has 2 fully saturated rings. The molecule has 0 spiro atoms. The number of amides is 3. The fourth-order valence-corrected chi connectivity index (χ4v) is 4.05. The quantitative estimate of drug-likeness (QED) is 0.653. The normalized spacial score (nSPS) is 20.7. The lowest BCUT2D eigenvalue weighted by Crippen LogP contribution is -2.57. The first-order valence-electron chi connectivity index (χ1n) is 10.6. The minimum atomic E-state index is 0.118. The average molecular weight is 381 g/mol. The molecule has 2 heterocycles. The summed E-state index contributed by atoms with van der Waals surface area (Å²) in [4.78, 5) is 42.8. The largest absolute Gasteiger partial charge is 0.343 e. The molecule has 7 nitrogen and oxygen atoms in total. The van der Waals surface area contributed by atoms with Crippen molar-refractivity contribution in [1.82, 2.24) is 20.0 Å². The van der Waals surface area contributed by atoms with Crippen molar-refractivity contribution in [2.24, 2.45) is 0 Å². The van der Waals surface area contributed by atoms with Gasteiger partial charge in [-0.1, -0.05) is 13.8 Å². The van der Waals surface area contributed by atoms with E-state index in [2.05, 4.69) is 19.2 Å². The fourth-order valence-electron chi connectivity index (χ4n) is 4.05. The van der Waals surface area contributed by atoms with Gasteiger partial charge in [0.1, 0.15) is 0 Å². The summed E-state index contributed by atoms with van der Waals surface area (Å²) in [6.07, 6.45) is 5.30. The van der Waals surface area contributed by atoms with Crippen LogP contribution in [0.4, 0.5) is 0 Å². The number of hydrogen-bond donors (Lipinski definition) is 1. The van der Waals surface area contributed by atoms with Gasteiger partial charge in [0, 0.05) is 58.2 Å². The van der Waals surface area contributed by atoms with E-state index in [0.717, 1.165) is 58.4 Å². The van der Waals surface area contributed by atoms with Crippen LogP contribution < -0.4 is 5.32 Å². The Morgan fingerprint density at radius 2 is 1.89 bits per heavy atom. The predicted molar refractivity (Wildman–Crippen MR) is 105 cm³/mol. The molecule has 1 unspecified atom stereocenters. The molecule has 1 N–H and O–H groups in total.